The van der Waals surface area contributed by atoms with Crippen molar-refractivity contribution in [3.8, 4) is 5.75 Å². The van der Waals surface area contributed by atoms with E-state index in [2.05, 4.69) is 15.0 Å². The quantitative estimate of drug-likeness (QED) is 0.423. The van der Waals surface area contributed by atoms with E-state index in [1.807, 2.05) is 0 Å². The predicted octanol–water partition coefficient (Wildman–Crippen LogP) is 5.31. The standard InChI is InChI=1S/C18H14Cl3N3O4S2/c1-10(28-16-9-14(20)13(19)8-15(16)21)17(25)23-11-2-4-12(5-3-11)30(26,27)24-18-22-6-7-29-18/h2-10H,1H3,(H,22,24)(H,23,25). The van der Waals surface area contributed by atoms with Crippen molar-refractivity contribution in [3.05, 3.63) is 63.0 Å². The van der Waals surface area contributed by atoms with Gasteiger partial charge in [-0.3, -0.25) is 9.52 Å². The van der Waals surface area contributed by atoms with Gasteiger partial charge in [-0.15, -0.1) is 11.3 Å². The maximum Gasteiger partial charge on any atom is 0.265 e. The highest BCUT2D eigenvalue weighted by Gasteiger charge is 2.19. The minimum Gasteiger partial charge on any atom is -0.479 e. The van der Waals surface area contributed by atoms with E-state index in [-0.39, 0.29) is 30.8 Å². The number of sulfonamides is 1. The van der Waals surface area contributed by atoms with E-state index in [1.54, 1.807) is 5.38 Å². The molecule has 12 heteroatoms. The van der Waals surface area contributed by atoms with Crippen LogP contribution >= 0.6 is 46.1 Å². The van der Waals surface area contributed by atoms with Crippen LogP contribution in [0.4, 0.5) is 10.8 Å². The molecule has 0 aliphatic carbocycles. The topological polar surface area (TPSA) is 97.4 Å². The van der Waals surface area contributed by atoms with E-state index in [9.17, 15) is 13.2 Å². The fraction of sp³-hybridized carbons (Fsp3) is 0.111. The number of carbonyl (C=O) groups is 1. The lowest BCUT2D eigenvalue weighted by Gasteiger charge is -2.16. The number of thiazole rings is 1. The van der Waals surface area contributed by atoms with Gasteiger partial charge in [-0.25, -0.2) is 13.4 Å². The van der Waals surface area contributed by atoms with E-state index >= 15 is 0 Å². The number of aromatic nitrogens is 1. The zero-order valence-electron chi connectivity index (χ0n) is 15.2. The van der Waals surface area contributed by atoms with Crippen molar-refractivity contribution < 1.29 is 17.9 Å². The maximum atomic E-state index is 12.4. The van der Waals surface area contributed by atoms with Crippen molar-refractivity contribution in [1.82, 2.24) is 4.98 Å². The lowest BCUT2D eigenvalue weighted by Crippen LogP contribution is -2.30. The molecule has 1 unspecified atom stereocenters. The predicted molar refractivity (Wildman–Crippen MR) is 120 cm³/mol. The maximum absolute atomic E-state index is 12.4. The number of benzene rings is 2. The van der Waals surface area contributed by atoms with Crippen molar-refractivity contribution in [2.75, 3.05) is 10.0 Å². The molecule has 1 aromatic heterocycles. The second-order valence-electron chi connectivity index (χ2n) is 5.91. The van der Waals surface area contributed by atoms with Gasteiger partial charge in [0.05, 0.1) is 20.0 Å². The summed E-state index contributed by atoms with van der Waals surface area (Å²) in [4.78, 5) is 16.3. The molecule has 0 bridgehead atoms. The Bertz CT molecular complexity index is 1150. The first-order valence-corrected chi connectivity index (χ1v) is 11.8. The number of ether oxygens (including phenoxy) is 1. The van der Waals surface area contributed by atoms with Gasteiger partial charge in [-0.05, 0) is 37.3 Å². The summed E-state index contributed by atoms with van der Waals surface area (Å²) < 4.78 is 32.6. The summed E-state index contributed by atoms with van der Waals surface area (Å²) in [6.45, 7) is 1.53. The van der Waals surface area contributed by atoms with Gasteiger partial charge in [-0.1, -0.05) is 34.8 Å². The van der Waals surface area contributed by atoms with E-state index in [1.165, 1.54) is 60.9 Å². The number of nitrogens with one attached hydrogen (secondary N) is 2. The van der Waals surface area contributed by atoms with Crippen LogP contribution in [0.15, 0.2) is 52.9 Å². The van der Waals surface area contributed by atoms with Crippen LogP contribution < -0.4 is 14.8 Å². The summed E-state index contributed by atoms with van der Waals surface area (Å²) in [6, 6.07) is 8.51. The van der Waals surface area contributed by atoms with Crippen molar-refractivity contribution in [2.45, 2.75) is 17.9 Å². The van der Waals surface area contributed by atoms with Crippen LogP contribution in [0.3, 0.4) is 0 Å². The van der Waals surface area contributed by atoms with Crippen molar-refractivity contribution in [2.24, 2.45) is 0 Å². The van der Waals surface area contributed by atoms with Gasteiger partial charge in [0.1, 0.15) is 5.75 Å². The Kier molecular flexibility index (Phi) is 7.10. The third kappa shape index (κ3) is 5.55. The smallest absolute Gasteiger partial charge is 0.265 e. The molecule has 0 saturated carbocycles. The van der Waals surface area contributed by atoms with Crippen LogP contribution in [0.2, 0.25) is 15.1 Å². The second kappa shape index (κ2) is 9.40. The lowest BCUT2D eigenvalue weighted by atomic mass is 10.3. The van der Waals surface area contributed by atoms with E-state index in [4.69, 9.17) is 39.5 Å². The Morgan fingerprint density at radius 3 is 2.40 bits per heavy atom. The average molecular weight is 507 g/mol. The summed E-state index contributed by atoms with van der Waals surface area (Å²) in [5, 5.41) is 5.29. The molecule has 1 heterocycles. The van der Waals surface area contributed by atoms with Gasteiger partial charge in [0, 0.05) is 23.3 Å². The fourth-order valence-electron chi connectivity index (χ4n) is 2.25. The summed E-state index contributed by atoms with van der Waals surface area (Å²) in [6.07, 6.45) is 0.588. The number of amides is 1. The molecular formula is C18H14Cl3N3O4S2. The Balaban J connectivity index is 1.65. The minimum absolute atomic E-state index is 0.0302. The highest BCUT2D eigenvalue weighted by Crippen LogP contribution is 2.34. The van der Waals surface area contributed by atoms with Gasteiger partial charge in [-0.2, -0.15) is 0 Å². The van der Waals surface area contributed by atoms with Gasteiger partial charge < -0.3 is 10.1 Å². The van der Waals surface area contributed by atoms with E-state index in [0.29, 0.717) is 5.69 Å². The Hall–Kier alpha value is -2.04. The first-order valence-electron chi connectivity index (χ1n) is 8.30. The van der Waals surface area contributed by atoms with E-state index in [0.717, 1.165) is 0 Å². The van der Waals surface area contributed by atoms with Gasteiger partial charge in [0.25, 0.3) is 15.9 Å². The van der Waals surface area contributed by atoms with Crippen LogP contribution in [-0.4, -0.2) is 25.4 Å². The van der Waals surface area contributed by atoms with Gasteiger partial charge in [0.2, 0.25) is 0 Å². The van der Waals surface area contributed by atoms with Crippen LogP contribution in [0, 0.1) is 0 Å². The van der Waals surface area contributed by atoms with Crippen LogP contribution in [0.25, 0.3) is 0 Å². The zero-order chi connectivity index (χ0) is 21.9. The molecule has 158 valence electrons. The second-order valence-corrected chi connectivity index (χ2v) is 9.71. The molecule has 7 nitrogen and oxygen atoms in total. The summed E-state index contributed by atoms with van der Waals surface area (Å²) in [5.74, 6) is -0.253. The summed E-state index contributed by atoms with van der Waals surface area (Å²) in [5.41, 5.74) is 0.392. The van der Waals surface area contributed by atoms with Crippen LogP contribution in [0.5, 0.6) is 5.75 Å². The number of rotatable bonds is 7. The molecule has 3 aromatic rings. The summed E-state index contributed by atoms with van der Waals surface area (Å²) in [7, 11) is -3.78. The number of hydrogen-bond donors (Lipinski definition) is 2. The van der Waals surface area contributed by atoms with Crippen molar-refractivity contribution >= 4 is 72.9 Å². The monoisotopic (exact) mass is 505 g/mol. The van der Waals surface area contributed by atoms with Crippen molar-refractivity contribution in [1.29, 1.82) is 0 Å². The Morgan fingerprint density at radius 1 is 1.10 bits per heavy atom. The molecule has 2 aromatic carbocycles. The van der Waals surface area contributed by atoms with Crippen molar-refractivity contribution in [3.63, 3.8) is 0 Å². The molecule has 0 aliphatic rings. The molecule has 30 heavy (non-hydrogen) atoms. The molecular weight excluding hydrogens is 493 g/mol. The molecule has 3 rings (SSSR count). The number of carbonyl (C=O) groups excluding carboxylic acids is 1. The molecule has 1 amide bonds. The number of halogens is 3. The van der Waals surface area contributed by atoms with Gasteiger partial charge in [0.15, 0.2) is 11.2 Å². The summed E-state index contributed by atoms with van der Waals surface area (Å²) >= 11 is 19.0. The molecule has 1 atom stereocenters. The molecule has 0 radical (unpaired) electrons. The lowest BCUT2D eigenvalue weighted by molar-refractivity contribution is -0.122. The average Bonchev–Trinajstić information content (AvgIpc) is 3.18. The van der Waals surface area contributed by atoms with Crippen LogP contribution in [-0.2, 0) is 14.8 Å². The highest BCUT2D eigenvalue weighted by molar-refractivity contribution is 7.93. The minimum atomic E-state index is -3.78. The molecule has 0 aliphatic heterocycles. The number of hydrogen-bond acceptors (Lipinski definition) is 6. The van der Waals surface area contributed by atoms with E-state index < -0.39 is 22.0 Å². The highest BCUT2D eigenvalue weighted by atomic mass is 35.5. The first-order chi connectivity index (χ1) is 14.2. The third-order valence-electron chi connectivity index (χ3n) is 3.73. The molecule has 0 fully saturated rings. The van der Waals surface area contributed by atoms with Crippen LogP contribution in [0.1, 0.15) is 6.92 Å². The normalized spacial score (nSPS) is 12.3. The first kappa shape index (κ1) is 22.6. The molecule has 0 saturated heterocycles. The number of anilines is 2. The Labute approximate surface area is 192 Å². The Morgan fingerprint density at radius 2 is 1.77 bits per heavy atom. The number of nitrogens with zero attached hydrogens (tertiary/aromatic N) is 1. The molecule has 2 N–H and O–H groups in total. The zero-order valence-corrected chi connectivity index (χ0v) is 19.1. The SMILES string of the molecule is CC(Oc1cc(Cl)c(Cl)cc1Cl)C(=O)Nc1ccc(S(=O)(=O)Nc2nccs2)cc1. The third-order valence-corrected chi connectivity index (χ3v) is 6.92. The fourth-order valence-corrected chi connectivity index (χ4v) is 4.62. The molecule has 0 spiro atoms. The largest absolute Gasteiger partial charge is 0.479 e. The van der Waals surface area contributed by atoms with Gasteiger partial charge >= 0.3 is 0 Å².